The lowest BCUT2D eigenvalue weighted by molar-refractivity contribution is 0.128. The molecule has 0 spiro atoms. The highest BCUT2D eigenvalue weighted by molar-refractivity contribution is 4.79. The molecular formula is C8H17N2O2. The Kier molecular flexibility index (Phi) is 4.53. The Balaban J connectivity index is 2.29. The molecule has 4 nitrogen and oxygen atoms in total. The molecule has 0 saturated carbocycles. The summed E-state index contributed by atoms with van der Waals surface area (Å²) in [6.45, 7) is 3.42. The van der Waals surface area contributed by atoms with E-state index in [0.29, 0.717) is 19.1 Å². The molecule has 1 rings (SSSR count). The molecular weight excluding hydrogens is 156 g/mol. The van der Waals surface area contributed by atoms with E-state index in [1.54, 1.807) is 0 Å². The van der Waals surface area contributed by atoms with Crippen molar-refractivity contribution in [3.63, 3.8) is 0 Å². The average Bonchev–Trinajstić information content (AvgIpc) is 2.56. The maximum Gasteiger partial charge on any atom is 0.0558 e. The van der Waals surface area contributed by atoms with Crippen LogP contribution in [0.3, 0.4) is 0 Å². The number of hydrogen-bond donors (Lipinski definition) is 2. The zero-order valence-corrected chi connectivity index (χ0v) is 7.32. The lowest BCUT2D eigenvalue weighted by atomic mass is 10.2. The van der Waals surface area contributed by atoms with Gasteiger partial charge in [-0.1, -0.05) is 0 Å². The molecule has 0 aromatic heterocycles. The second kappa shape index (κ2) is 5.48. The van der Waals surface area contributed by atoms with Crippen LogP contribution in [0.4, 0.5) is 0 Å². The maximum absolute atomic E-state index is 8.77. The van der Waals surface area contributed by atoms with E-state index in [9.17, 15) is 0 Å². The van der Waals surface area contributed by atoms with E-state index in [4.69, 9.17) is 10.2 Å². The summed E-state index contributed by atoms with van der Waals surface area (Å²) < 4.78 is 0. The molecule has 0 aromatic rings. The first-order valence-corrected chi connectivity index (χ1v) is 4.47. The smallest absolute Gasteiger partial charge is 0.0558 e. The summed E-state index contributed by atoms with van der Waals surface area (Å²) in [7, 11) is 0. The largest absolute Gasteiger partial charge is 0.395 e. The number of hydrogen-bond acceptors (Lipinski definition) is 3. The molecule has 0 aromatic carbocycles. The Morgan fingerprint density at radius 2 is 1.92 bits per heavy atom. The van der Waals surface area contributed by atoms with Crippen molar-refractivity contribution in [1.29, 1.82) is 0 Å². The Bertz CT molecular complexity index is 110. The van der Waals surface area contributed by atoms with Crippen LogP contribution in [-0.2, 0) is 0 Å². The van der Waals surface area contributed by atoms with Crippen LogP contribution >= 0.6 is 0 Å². The van der Waals surface area contributed by atoms with Gasteiger partial charge >= 0.3 is 0 Å². The molecule has 71 valence electrons. The predicted molar refractivity (Wildman–Crippen MR) is 46.0 cm³/mol. The van der Waals surface area contributed by atoms with Crippen molar-refractivity contribution < 1.29 is 10.2 Å². The van der Waals surface area contributed by atoms with Crippen LogP contribution in [-0.4, -0.2) is 60.5 Å². The second-order valence-corrected chi connectivity index (χ2v) is 3.06. The number of rotatable bonds is 5. The highest BCUT2D eigenvalue weighted by atomic mass is 16.3. The first kappa shape index (κ1) is 9.92. The fraction of sp³-hybridized carbons (Fsp3) is 1.00. The Morgan fingerprint density at radius 1 is 1.25 bits per heavy atom. The molecule has 4 heteroatoms. The van der Waals surface area contributed by atoms with Crippen molar-refractivity contribution in [3.8, 4) is 0 Å². The molecule has 1 atom stereocenters. The van der Waals surface area contributed by atoms with Gasteiger partial charge in [-0.3, -0.25) is 4.90 Å². The average molecular weight is 173 g/mol. The first-order chi connectivity index (χ1) is 5.88. The van der Waals surface area contributed by atoms with Gasteiger partial charge in [-0.15, -0.1) is 0 Å². The van der Waals surface area contributed by atoms with E-state index in [-0.39, 0.29) is 13.2 Å². The molecule has 2 N–H and O–H groups in total. The normalized spacial score (nSPS) is 23.8. The summed E-state index contributed by atoms with van der Waals surface area (Å²) in [5.41, 5.74) is 0. The van der Waals surface area contributed by atoms with E-state index in [0.717, 1.165) is 19.5 Å². The predicted octanol–water partition coefficient (Wildman–Crippen LogP) is -1.35. The van der Waals surface area contributed by atoms with Crippen LogP contribution < -0.4 is 5.32 Å². The molecule has 1 aliphatic heterocycles. The molecule has 12 heavy (non-hydrogen) atoms. The van der Waals surface area contributed by atoms with Crippen molar-refractivity contribution in [2.45, 2.75) is 12.5 Å². The summed E-state index contributed by atoms with van der Waals surface area (Å²) in [5, 5.41) is 21.8. The number of aliphatic hydroxyl groups excluding tert-OH is 2. The summed E-state index contributed by atoms with van der Waals surface area (Å²) in [4.78, 5) is 2.11. The number of aliphatic hydroxyl groups is 2. The van der Waals surface area contributed by atoms with E-state index in [1.165, 1.54) is 0 Å². The summed E-state index contributed by atoms with van der Waals surface area (Å²) in [5.74, 6) is 0. The van der Waals surface area contributed by atoms with Gasteiger partial charge in [-0.05, 0) is 6.42 Å². The molecule has 1 saturated heterocycles. The van der Waals surface area contributed by atoms with Crippen LogP contribution in [0, 0.1) is 0 Å². The SMILES string of the molecule is OCCN(CCO)C1CC[N]C1. The van der Waals surface area contributed by atoms with Gasteiger partial charge in [-0.2, -0.15) is 0 Å². The van der Waals surface area contributed by atoms with E-state index in [2.05, 4.69) is 10.2 Å². The molecule has 1 unspecified atom stereocenters. The first-order valence-electron chi connectivity index (χ1n) is 4.47. The van der Waals surface area contributed by atoms with Gasteiger partial charge in [0.2, 0.25) is 0 Å². The molecule has 0 amide bonds. The molecule has 1 aliphatic rings. The lowest BCUT2D eigenvalue weighted by Gasteiger charge is -2.26. The van der Waals surface area contributed by atoms with Crippen LogP contribution in [0.2, 0.25) is 0 Å². The van der Waals surface area contributed by atoms with E-state index >= 15 is 0 Å². The second-order valence-electron chi connectivity index (χ2n) is 3.06. The van der Waals surface area contributed by atoms with Crippen LogP contribution in [0.1, 0.15) is 6.42 Å². The van der Waals surface area contributed by atoms with Gasteiger partial charge < -0.3 is 10.2 Å². The van der Waals surface area contributed by atoms with Gasteiger partial charge in [0.05, 0.1) is 13.2 Å². The lowest BCUT2D eigenvalue weighted by Crippen LogP contribution is -2.40. The number of nitrogens with zero attached hydrogens (tertiary/aromatic N) is 2. The minimum absolute atomic E-state index is 0.163. The van der Waals surface area contributed by atoms with Gasteiger partial charge in [0.25, 0.3) is 0 Å². The van der Waals surface area contributed by atoms with Crippen molar-refractivity contribution in [2.75, 3.05) is 39.4 Å². The summed E-state index contributed by atoms with van der Waals surface area (Å²) in [6, 6.07) is 0.448. The van der Waals surface area contributed by atoms with Crippen LogP contribution in [0.5, 0.6) is 0 Å². The Morgan fingerprint density at radius 3 is 2.33 bits per heavy atom. The minimum Gasteiger partial charge on any atom is -0.395 e. The third-order valence-electron chi connectivity index (χ3n) is 2.25. The Labute approximate surface area is 73.2 Å². The van der Waals surface area contributed by atoms with Gasteiger partial charge in [0, 0.05) is 32.2 Å². The zero-order chi connectivity index (χ0) is 8.81. The van der Waals surface area contributed by atoms with Gasteiger partial charge in [-0.25, -0.2) is 5.32 Å². The molecule has 1 fully saturated rings. The van der Waals surface area contributed by atoms with Crippen molar-refractivity contribution in [3.05, 3.63) is 0 Å². The standard InChI is InChI=1S/C8H17N2O2/c11-5-3-10(4-6-12)8-1-2-9-7-8/h8,11-12H,1-7H2. The fourth-order valence-corrected chi connectivity index (χ4v) is 1.60. The van der Waals surface area contributed by atoms with Gasteiger partial charge in [0.1, 0.15) is 0 Å². The van der Waals surface area contributed by atoms with E-state index in [1.807, 2.05) is 0 Å². The van der Waals surface area contributed by atoms with Crippen LogP contribution in [0.25, 0.3) is 0 Å². The maximum atomic E-state index is 8.77. The monoisotopic (exact) mass is 173 g/mol. The molecule has 1 radical (unpaired) electrons. The van der Waals surface area contributed by atoms with Crippen LogP contribution in [0.15, 0.2) is 0 Å². The summed E-state index contributed by atoms with van der Waals surface area (Å²) >= 11 is 0. The highest BCUT2D eigenvalue weighted by Crippen LogP contribution is 2.08. The topological polar surface area (TPSA) is 57.8 Å². The third-order valence-corrected chi connectivity index (χ3v) is 2.25. The molecule has 0 aliphatic carbocycles. The van der Waals surface area contributed by atoms with E-state index < -0.39 is 0 Å². The zero-order valence-electron chi connectivity index (χ0n) is 7.32. The Hall–Kier alpha value is -0.160. The quantitative estimate of drug-likeness (QED) is 0.540. The third kappa shape index (κ3) is 2.71. The minimum atomic E-state index is 0.163. The molecule has 0 bridgehead atoms. The summed E-state index contributed by atoms with van der Waals surface area (Å²) in [6.07, 6.45) is 1.07. The van der Waals surface area contributed by atoms with Crippen molar-refractivity contribution >= 4 is 0 Å². The fourth-order valence-electron chi connectivity index (χ4n) is 1.60. The van der Waals surface area contributed by atoms with Crippen molar-refractivity contribution in [2.24, 2.45) is 0 Å². The molecule has 1 heterocycles. The van der Waals surface area contributed by atoms with Gasteiger partial charge in [0.15, 0.2) is 0 Å². The highest BCUT2D eigenvalue weighted by Gasteiger charge is 2.21. The van der Waals surface area contributed by atoms with Crippen molar-refractivity contribution in [1.82, 2.24) is 10.2 Å².